The number of hydrogen-bond donors (Lipinski definition) is 1. The Morgan fingerprint density at radius 2 is 2.37 bits per heavy atom. The Balaban J connectivity index is 2.09. The lowest BCUT2D eigenvalue weighted by Gasteiger charge is -2.31. The van der Waals surface area contributed by atoms with Gasteiger partial charge in [-0.05, 0) is 13.0 Å². The van der Waals surface area contributed by atoms with Crippen molar-refractivity contribution < 1.29 is 8.81 Å². The van der Waals surface area contributed by atoms with Gasteiger partial charge in [-0.3, -0.25) is 0 Å². The lowest BCUT2D eigenvalue weighted by atomic mass is 10.1. The molecule has 1 saturated heterocycles. The quantitative estimate of drug-likeness (QED) is 0.866. The van der Waals surface area contributed by atoms with E-state index in [1.807, 2.05) is 13.0 Å². The second kappa shape index (κ2) is 4.78. The van der Waals surface area contributed by atoms with Gasteiger partial charge in [-0.2, -0.15) is 0 Å². The predicted octanol–water partition coefficient (Wildman–Crippen LogP) is 3.54. The van der Waals surface area contributed by atoms with Gasteiger partial charge in [-0.1, -0.05) is 17.7 Å². The Bertz CT molecular complexity index is 650. The molecule has 0 spiro atoms. The Morgan fingerprint density at radius 1 is 1.53 bits per heavy atom. The van der Waals surface area contributed by atoms with E-state index in [0.717, 1.165) is 24.5 Å². The van der Waals surface area contributed by atoms with Crippen LogP contribution >= 0.6 is 11.6 Å². The van der Waals surface area contributed by atoms with Crippen LogP contribution in [-0.2, 0) is 0 Å². The lowest BCUT2D eigenvalue weighted by Crippen LogP contribution is -2.42. The smallest absolute Gasteiger partial charge is 0.158 e. The number of hydrogen-bond acceptors (Lipinski definition) is 3. The van der Waals surface area contributed by atoms with Crippen molar-refractivity contribution in [3.05, 3.63) is 41.0 Å². The van der Waals surface area contributed by atoms with Gasteiger partial charge in [0.15, 0.2) is 5.58 Å². The Labute approximate surface area is 115 Å². The molecule has 2 aromatic rings. The number of fused-ring (bicyclic) bond motifs is 1. The molecule has 1 aliphatic heterocycles. The standard InChI is InChI=1S/C14H14ClFN2O/c1-2-9-8-18(5-4-17-9)12-7-11(16)13(15)10-3-6-19-14(10)12/h2-3,6-7,17H,4-5,8H2,1H3. The van der Waals surface area contributed by atoms with Crippen molar-refractivity contribution in [3.8, 4) is 0 Å². The summed E-state index contributed by atoms with van der Waals surface area (Å²) in [7, 11) is 0. The van der Waals surface area contributed by atoms with Crippen molar-refractivity contribution in [2.24, 2.45) is 0 Å². The fourth-order valence-electron chi connectivity index (χ4n) is 2.38. The van der Waals surface area contributed by atoms with Crippen LogP contribution in [-0.4, -0.2) is 19.6 Å². The van der Waals surface area contributed by atoms with E-state index in [-0.39, 0.29) is 5.02 Å². The number of allylic oxidation sites excluding steroid dienone is 1. The molecule has 0 radical (unpaired) electrons. The van der Waals surface area contributed by atoms with Crippen LogP contribution in [0, 0.1) is 5.82 Å². The molecule has 5 heteroatoms. The third kappa shape index (κ3) is 2.06. The zero-order valence-electron chi connectivity index (χ0n) is 10.5. The number of nitrogens with zero attached hydrogens (tertiary/aromatic N) is 1. The highest BCUT2D eigenvalue weighted by atomic mass is 35.5. The summed E-state index contributed by atoms with van der Waals surface area (Å²) in [5, 5.41) is 4.05. The van der Waals surface area contributed by atoms with E-state index < -0.39 is 5.82 Å². The molecule has 100 valence electrons. The van der Waals surface area contributed by atoms with Gasteiger partial charge in [-0.15, -0.1) is 0 Å². The molecule has 3 nitrogen and oxygen atoms in total. The third-order valence-electron chi connectivity index (χ3n) is 3.39. The Morgan fingerprint density at radius 3 is 3.16 bits per heavy atom. The summed E-state index contributed by atoms with van der Waals surface area (Å²) >= 11 is 5.96. The molecule has 1 aliphatic rings. The first kappa shape index (κ1) is 12.4. The molecule has 3 rings (SSSR count). The minimum Gasteiger partial charge on any atom is -0.462 e. The van der Waals surface area contributed by atoms with Crippen molar-refractivity contribution in [2.75, 3.05) is 24.5 Å². The largest absolute Gasteiger partial charge is 0.462 e. The molecule has 1 aromatic heterocycles. The average molecular weight is 281 g/mol. The van der Waals surface area contributed by atoms with E-state index >= 15 is 0 Å². The van der Waals surface area contributed by atoms with E-state index in [0.29, 0.717) is 17.5 Å². The first-order valence-electron chi connectivity index (χ1n) is 6.20. The van der Waals surface area contributed by atoms with E-state index in [9.17, 15) is 4.39 Å². The van der Waals surface area contributed by atoms with Gasteiger partial charge in [0.1, 0.15) is 5.82 Å². The zero-order chi connectivity index (χ0) is 13.4. The van der Waals surface area contributed by atoms with Crippen LogP contribution in [0.2, 0.25) is 5.02 Å². The lowest BCUT2D eigenvalue weighted by molar-refractivity contribution is 0.599. The van der Waals surface area contributed by atoms with Crippen molar-refractivity contribution in [2.45, 2.75) is 6.92 Å². The van der Waals surface area contributed by atoms with Gasteiger partial charge in [0.05, 0.1) is 23.5 Å². The van der Waals surface area contributed by atoms with Gasteiger partial charge >= 0.3 is 0 Å². The van der Waals surface area contributed by atoms with Crippen LogP contribution in [0.4, 0.5) is 10.1 Å². The molecule has 1 fully saturated rings. The summed E-state index contributed by atoms with van der Waals surface area (Å²) in [4.78, 5) is 2.09. The van der Waals surface area contributed by atoms with Gasteiger partial charge in [0.2, 0.25) is 0 Å². The maximum atomic E-state index is 13.9. The Hall–Kier alpha value is -1.68. The normalized spacial score (nSPS) is 18.1. The maximum absolute atomic E-state index is 13.9. The first-order valence-corrected chi connectivity index (χ1v) is 6.57. The van der Waals surface area contributed by atoms with E-state index in [1.54, 1.807) is 6.07 Å². The van der Waals surface area contributed by atoms with E-state index in [4.69, 9.17) is 16.0 Å². The molecule has 0 unspecified atom stereocenters. The van der Waals surface area contributed by atoms with Crippen LogP contribution in [0.25, 0.3) is 11.0 Å². The topological polar surface area (TPSA) is 28.4 Å². The molecule has 19 heavy (non-hydrogen) atoms. The summed E-state index contributed by atoms with van der Waals surface area (Å²) < 4.78 is 19.4. The highest BCUT2D eigenvalue weighted by Gasteiger charge is 2.20. The molecule has 0 aliphatic carbocycles. The second-order valence-corrected chi connectivity index (χ2v) is 4.90. The molecule has 0 saturated carbocycles. The molecular formula is C14H14ClFN2O. The minimum atomic E-state index is -0.411. The van der Waals surface area contributed by atoms with Crippen molar-refractivity contribution in [1.82, 2.24) is 5.32 Å². The molecule has 0 amide bonds. The van der Waals surface area contributed by atoms with Crippen molar-refractivity contribution >= 4 is 28.3 Å². The van der Waals surface area contributed by atoms with Gasteiger partial charge in [-0.25, -0.2) is 4.39 Å². The predicted molar refractivity (Wildman–Crippen MR) is 75.2 cm³/mol. The molecule has 0 bridgehead atoms. The number of piperazine rings is 1. The third-order valence-corrected chi connectivity index (χ3v) is 3.78. The average Bonchev–Trinajstić information content (AvgIpc) is 2.92. The molecule has 0 atom stereocenters. The number of anilines is 1. The van der Waals surface area contributed by atoms with Crippen LogP contribution < -0.4 is 10.2 Å². The number of benzene rings is 1. The van der Waals surface area contributed by atoms with Crippen molar-refractivity contribution in [3.63, 3.8) is 0 Å². The summed E-state index contributed by atoms with van der Waals surface area (Å²) in [6, 6.07) is 3.15. The van der Waals surface area contributed by atoms with Gasteiger partial charge < -0.3 is 14.6 Å². The van der Waals surface area contributed by atoms with Crippen molar-refractivity contribution in [1.29, 1.82) is 0 Å². The van der Waals surface area contributed by atoms with E-state index in [1.165, 1.54) is 12.3 Å². The number of nitrogens with one attached hydrogen (secondary N) is 1. The molecule has 1 N–H and O–H groups in total. The molecular weight excluding hydrogens is 267 g/mol. The SMILES string of the molecule is CC=C1CN(c2cc(F)c(Cl)c3ccoc23)CCN1. The van der Waals surface area contributed by atoms with Gasteiger partial charge in [0, 0.05) is 30.2 Å². The highest BCUT2D eigenvalue weighted by Crippen LogP contribution is 2.35. The molecule has 2 heterocycles. The van der Waals surface area contributed by atoms with E-state index in [2.05, 4.69) is 10.2 Å². The second-order valence-electron chi connectivity index (χ2n) is 4.52. The zero-order valence-corrected chi connectivity index (χ0v) is 11.3. The highest BCUT2D eigenvalue weighted by molar-refractivity contribution is 6.35. The first-order chi connectivity index (χ1) is 9.20. The summed E-state index contributed by atoms with van der Waals surface area (Å²) in [5.74, 6) is -0.411. The fraction of sp³-hybridized carbons (Fsp3) is 0.286. The van der Waals surface area contributed by atoms with Crippen LogP contribution in [0.1, 0.15) is 6.92 Å². The fourth-order valence-corrected chi connectivity index (χ4v) is 2.59. The van der Waals surface area contributed by atoms with Gasteiger partial charge in [0.25, 0.3) is 0 Å². The minimum absolute atomic E-state index is 0.119. The summed E-state index contributed by atoms with van der Waals surface area (Å²) in [6.07, 6.45) is 3.57. The Kier molecular flexibility index (Phi) is 3.11. The van der Waals surface area contributed by atoms with Crippen LogP contribution in [0.5, 0.6) is 0 Å². The summed E-state index contributed by atoms with van der Waals surface area (Å²) in [5.41, 5.74) is 2.52. The van der Waals surface area contributed by atoms with Crippen LogP contribution in [0.3, 0.4) is 0 Å². The van der Waals surface area contributed by atoms with Crippen LogP contribution in [0.15, 0.2) is 34.6 Å². The number of furan rings is 1. The summed E-state index contributed by atoms with van der Waals surface area (Å²) in [6.45, 7) is 4.32. The number of rotatable bonds is 1. The maximum Gasteiger partial charge on any atom is 0.158 e. The monoisotopic (exact) mass is 280 g/mol. The number of halogens is 2. The molecule has 1 aromatic carbocycles.